The number of rotatable bonds is 5. The Balaban J connectivity index is 1.63. The molecular weight excluding hydrogens is 278 g/mol. The van der Waals surface area contributed by atoms with Gasteiger partial charge in [0.1, 0.15) is 0 Å². The van der Waals surface area contributed by atoms with Crippen molar-refractivity contribution in [1.82, 2.24) is 15.1 Å². The second-order valence-electron chi connectivity index (χ2n) is 7.89. The largest absolute Gasteiger partial charge is 0.390 e. The van der Waals surface area contributed by atoms with Crippen LogP contribution < -0.4 is 5.32 Å². The maximum atomic E-state index is 12.2. The molecule has 1 amide bonds. The van der Waals surface area contributed by atoms with Crippen molar-refractivity contribution in [3.05, 3.63) is 0 Å². The summed E-state index contributed by atoms with van der Waals surface area (Å²) < 4.78 is 0. The Morgan fingerprint density at radius 2 is 1.77 bits per heavy atom. The van der Waals surface area contributed by atoms with E-state index in [0.717, 1.165) is 45.6 Å². The van der Waals surface area contributed by atoms with E-state index in [4.69, 9.17) is 0 Å². The number of carbonyl (C=O) groups excluding carboxylic acids is 1. The molecule has 0 aromatic heterocycles. The van der Waals surface area contributed by atoms with Crippen LogP contribution in [0.5, 0.6) is 0 Å². The third-order valence-corrected chi connectivity index (χ3v) is 4.73. The predicted octanol–water partition coefficient (Wildman–Crippen LogP) is 1.07. The van der Waals surface area contributed by atoms with Crippen LogP contribution in [0.2, 0.25) is 0 Å². The van der Waals surface area contributed by atoms with Crippen LogP contribution in [-0.2, 0) is 4.79 Å². The number of nitrogens with one attached hydrogen (secondary N) is 1. The lowest BCUT2D eigenvalue weighted by Crippen LogP contribution is -2.49. The van der Waals surface area contributed by atoms with E-state index in [2.05, 4.69) is 10.2 Å². The highest BCUT2D eigenvalue weighted by molar-refractivity contribution is 5.81. The van der Waals surface area contributed by atoms with Gasteiger partial charge in [0.2, 0.25) is 5.91 Å². The van der Waals surface area contributed by atoms with Gasteiger partial charge in [-0.1, -0.05) is 20.8 Å². The average Bonchev–Trinajstić information content (AvgIpc) is 2.97. The number of β-amino-alcohol motifs (C(OH)–C–C–N with tert-alkyl or cyclic N) is 1. The summed E-state index contributed by atoms with van der Waals surface area (Å²) >= 11 is 0. The smallest absolute Gasteiger partial charge is 0.227 e. The molecule has 2 N–H and O–H groups in total. The Hall–Kier alpha value is -0.650. The predicted molar refractivity (Wildman–Crippen MR) is 88.7 cm³/mol. The van der Waals surface area contributed by atoms with Crippen molar-refractivity contribution in [2.75, 3.05) is 39.3 Å². The van der Waals surface area contributed by atoms with E-state index in [9.17, 15) is 9.90 Å². The summed E-state index contributed by atoms with van der Waals surface area (Å²) in [4.78, 5) is 16.6. The second kappa shape index (κ2) is 7.75. The fourth-order valence-electron chi connectivity index (χ4n) is 3.39. The molecule has 0 spiro atoms. The Kier molecular flexibility index (Phi) is 6.24. The normalized spacial score (nSPS) is 23.0. The third-order valence-electron chi connectivity index (χ3n) is 4.73. The second-order valence-corrected chi connectivity index (χ2v) is 7.89. The monoisotopic (exact) mass is 311 g/mol. The number of nitrogens with zero attached hydrogens (tertiary/aromatic N) is 2. The number of amides is 1. The molecule has 2 saturated heterocycles. The first-order valence-corrected chi connectivity index (χ1v) is 8.79. The average molecular weight is 311 g/mol. The van der Waals surface area contributed by atoms with Crippen molar-refractivity contribution in [2.45, 2.75) is 58.6 Å². The standard InChI is InChI=1S/C17H33N3O2/c1-17(2,3)16(22)20-10-6-14(7-11-20)18-12-15(21)13-19-8-4-5-9-19/h14-15,18,21H,4-13H2,1-3H3. The molecule has 2 aliphatic heterocycles. The van der Waals surface area contributed by atoms with E-state index in [1.807, 2.05) is 25.7 Å². The van der Waals surface area contributed by atoms with E-state index >= 15 is 0 Å². The van der Waals surface area contributed by atoms with Crippen LogP contribution in [0.25, 0.3) is 0 Å². The van der Waals surface area contributed by atoms with E-state index in [-0.39, 0.29) is 17.4 Å². The molecule has 2 aliphatic rings. The highest BCUT2D eigenvalue weighted by Crippen LogP contribution is 2.21. The first kappa shape index (κ1) is 17.7. The Labute approximate surface area is 135 Å². The van der Waals surface area contributed by atoms with Crippen molar-refractivity contribution in [3.8, 4) is 0 Å². The van der Waals surface area contributed by atoms with Gasteiger partial charge in [0.15, 0.2) is 0 Å². The minimum Gasteiger partial charge on any atom is -0.390 e. The van der Waals surface area contributed by atoms with Gasteiger partial charge in [-0.25, -0.2) is 0 Å². The zero-order valence-electron chi connectivity index (χ0n) is 14.5. The zero-order chi connectivity index (χ0) is 16.2. The molecule has 0 aromatic rings. The number of hydrogen-bond acceptors (Lipinski definition) is 4. The number of piperidine rings is 1. The van der Waals surface area contributed by atoms with Gasteiger partial charge >= 0.3 is 0 Å². The van der Waals surface area contributed by atoms with E-state index in [1.165, 1.54) is 12.8 Å². The van der Waals surface area contributed by atoms with Crippen LogP contribution in [0.4, 0.5) is 0 Å². The van der Waals surface area contributed by atoms with Crippen LogP contribution in [0.15, 0.2) is 0 Å². The summed E-state index contributed by atoms with van der Waals surface area (Å²) in [6.45, 7) is 11.3. The van der Waals surface area contributed by atoms with Gasteiger partial charge in [-0.2, -0.15) is 0 Å². The van der Waals surface area contributed by atoms with Crippen LogP contribution in [0.1, 0.15) is 46.5 Å². The number of aliphatic hydroxyl groups excluding tert-OH is 1. The first-order chi connectivity index (χ1) is 10.4. The van der Waals surface area contributed by atoms with E-state index in [1.54, 1.807) is 0 Å². The SMILES string of the molecule is CC(C)(C)C(=O)N1CCC(NCC(O)CN2CCCC2)CC1. The maximum absolute atomic E-state index is 12.2. The van der Waals surface area contributed by atoms with Gasteiger partial charge in [0.05, 0.1) is 6.10 Å². The summed E-state index contributed by atoms with van der Waals surface area (Å²) in [6, 6.07) is 0.428. The maximum Gasteiger partial charge on any atom is 0.227 e. The quantitative estimate of drug-likeness (QED) is 0.797. The number of aliphatic hydroxyl groups is 1. The molecule has 2 heterocycles. The van der Waals surface area contributed by atoms with E-state index < -0.39 is 0 Å². The Morgan fingerprint density at radius 3 is 2.32 bits per heavy atom. The molecular formula is C17H33N3O2. The van der Waals surface area contributed by atoms with Crippen LogP contribution in [0.3, 0.4) is 0 Å². The fourth-order valence-corrected chi connectivity index (χ4v) is 3.39. The minimum atomic E-state index is -0.286. The van der Waals surface area contributed by atoms with Crippen molar-refractivity contribution >= 4 is 5.91 Å². The molecule has 0 saturated carbocycles. The van der Waals surface area contributed by atoms with Crippen molar-refractivity contribution in [1.29, 1.82) is 0 Å². The molecule has 5 heteroatoms. The molecule has 1 atom stereocenters. The summed E-state index contributed by atoms with van der Waals surface area (Å²) in [7, 11) is 0. The van der Waals surface area contributed by atoms with Gasteiger partial charge in [0.25, 0.3) is 0 Å². The fraction of sp³-hybridized carbons (Fsp3) is 0.941. The van der Waals surface area contributed by atoms with Crippen LogP contribution >= 0.6 is 0 Å². The van der Waals surface area contributed by atoms with Gasteiger partial charge in [-0.3, -0.25) is 4.79 Å². The highest BCUT2D eigenvalue weighted by Gasteiger charge is 2.30. The lowest BCUT2D eigenvalue weighted by Gasteiger charge is -2.36. The van der Waals surface area contributed by atoms with Gasteiger partial charge in [0, 0.05) is 37.6 Å². The number of carbonyl (C=O) groups is 1. The van der Waals surface area contributed by atoms with Gasteiger partial charge in [-0.15, -0.1) is 0 Å². The summed E-state index contributed by atoms with van der Waals surface area (Å²) in [5.41, 5.74) is -0.286. The van der Waals surface area contributed by atoms with Crippen LogP contribution in [-0.4, -0.2) is 72.2 Å². The molecule has 22 heavy (non-hydrogen) atoms. The van der Waals surface area contributed by atoms with Gasteiger partial charge < -0.3 is 20.2 Å². The van der Waals surface area contributed by atoms with Crippen molar-refractivity contribution < 1.29 is 9.90 Å². The highest BCUT2D eigenvalue weighted by atomic mass is 16.3. The summed E-state index contributed by atoms with van der Waals surface area (Å²) in [6.07, 6.45) is 4.21. The number of hydrogen-bond donors (Lipinski definition) is 2. The molecule has 2 fully saturated rings. The molecule has 1 unspecified atom stereocenters. The molecule has 5 nitrogen and oxygen atoms in total. The summed E-state index contributed by atoms with van der Waals surface area (Å²) in [5, 5.41) is 13.6. The van der Waals surface area contributed by atoms with Gasteiger partial charge in [-0.05, 0) is 38.8 Å². The topological polar surface area (TPSA) is 55.8 Å². The first-order valence-electron chi connectivity index (χ1n) is 8.79. The lowest BCUT2D eigenvalue weighted by molar-refractivity contribution is -0.140. The molecule has 0 aliphatic carbocycles. The van der Waals surface area contributed by atoms with Crippen LogP contribution in [0, 0.1) is 5.41 Å². The minimum absolute atomic E-state index is 0.250. The lowest BCUT2D eigenvalue weighted by atomic mass is 9.93. The summed E-state index contributed by atoms with van der Waals surface area (Å²) in [5.74, 6) is 0.250. The third kappa shape index (κ3) is 5.21. The zero-order valence-corrected chi connectivity index (χ0v) is 14.5. The van der Waals surface area contributed by atoms with Crippen molar-refractivity contribution in [2.24, 2.45) is 5.41 Å². The molecule has 0 aromatic carbocycles. The Morgan fingerprint density at radius 1 is 1.18 bits per heavy atom. The van der Waals surface area contributed by atoms with Crippen molar-refractivity contribution in [3.63, 3.8) is 0 Å². The molecule has 0 bridgehead atoms. The van der Waals surface area contributed by atoms with E-state index in [0.29, 0.717) is 12.6 Å². The molecule has 0 radical (unpaired) electrons. The number of likely N-dealkylation sites (tertiary alicyclic amines) is 2. The molecule has 128 valence electrons. The Bertz CT molecular complexity index is 353. The molecule has 2 rings (SSSR count).